The molecule has 0 aliphatic heterocycles. The first-order valence-corrected chi connectivity index (χ1v) is 6.14. The third kappa shape index (κ3) is 3.11. The monoisotopic (exact) mass is 242 g/mol. The lowest BCUT2D eigenvalue weighted by atomic mass is 9.92. The predicted octanol–water partition coefficient (Wildman–Crippen LogP) is 3.02. The zero-order valence-corrected chi connectivity index (χ0v) is 10.5. The Morgan fingerprint density at radius 1 is 1.06 bits per heavy atom. The number of phenolic OH excluding ortho intramolecular Hbond substituents is 1. The molecular weight excluding hydrogens is 224 g/mol. The standard InChI is InChI=1S/C16H18O2/c1-12-5-7-14(8-6-12)15(11-17)9-13-3-2-4-16(18)10-13/h2-8,10,15,17-18H,9,11H2,1H3. The Labute approximate surface area is 108 Å². The van der Waals surface area contributed by atoms with E-state index in [4.69, 9.17) is 0 Å². The van der Waals surface area contributed by atoms with Crippen LogP contribution in [-0.2, 0) is 6.42 Å². The number of aliphatic hydroxyl groups excluding tert-OH is 1. The minimum Gasteiger partial charge on any atom is -0.508 e. The molecule has 2 aromatic carbocycles. The van der Waals surface area contributed by atoms with Gasteiger partial charge in [-0.05, 0) is 36.6 Å². The van der Waals surface area contributed by atoms with E-state index in [1.807, 2.05) is 19.1 Å². The summed E-state index contributed by atoms with van der Waals surface area (Å²) in [6.07, 6.45) is 0.730. The maximum atomic E-state index is 9.52. The number of hydrogen-bond donors (Lipinski definition) is 2. The van der Waals surface area contributed by atoms with Gasteiger partial charge in [0.25, 0.3) is 0 Å². The van der Waals surface area contributed by atoms with Crippen molar-refractivity contribution in [3.63, 3.8) is 0 Å². The summed E-state index contributed by atoms with van der Waals surface area (Å²) in [5.74, 6) is 0.348. The third-order valence-corrected chi connectivity index (χ3v) is 3.16. The van der Waals surface area contributed by atoms with Crippen LogP contribution >= 0.6 is 0 Å². The normalized spacial score (nSPS) is 12.3. The molecule has 0 saturated carbocycles. The van der Waals surface area contributed by atoms with Crippen molar-refractivity contribution in [2.75, 3.05) is 6.61 Å². The van der Waals surface area contributed by atoms with Gasteiger partial charge in [0.2, 0.25) is 0 Å². The Hall–Kier alpha value is -1.80. The third-order valence-electron chi connectivity index (χ3n) is 3.16. The van der Waals surface area contributed by atoms with E-state index in [0.29, 0.717) is 0 Å². The van der Waals surface area contributed by atoms with Gasteiger partial charge in [-0.3, -0.25) is 0 Å². The molecular formula is C16H18O2. The smallest absolute Gasteiger partial charge is 0.115 e. The second kappa shape index (κ2) is 5.69. The van der Waals surface area contributed by atoms with Gasteiger partial charge in [-0.2, -0.15) is 0 Å². The summed E-state index contributed by atoms with van der Waals surface area (Å²) in [7, 11) is 0. The molecule has 0 saturated heterocycles. The highest BCUT2D eigenvalue weighted by Gasteiger charge is 2.11. The molecule has 0 fully saturated rings. The van der Waals surface area contributed by atoms with Crippen LogP contribution in [0.2, 0.25) is 0 Å². The number of hydrogen-bond acceptors (Lipinski definition) is 2. The average Bonchev–Trinajstić information content (AvgIpc) is 2.37. The van der Waals surface area contributed by atoms with E-state index < -0.39 is 0 Å². The van der Waals surface area contributed by atoms with E-state index in [2.05, 4.69) is 24.3 Å². The quantitative estimate of drug-likeness (QED) is 0.865. The molecule has 2 rings (SSSR count). The van der Waals surface area contributed by atoms with Crippen LogP contribution in [0.5, 0.6) is 5.75 Å². The topological polar surface area (TPSA) is 40.5 Å². The maximum absolute atomic E-state index is 9.52. The highest BCUT2D eigenvalue weighted by atomic mass is 16.3. The maximum Gasteiger partial charge on any atom is 0.115 e. The molecule has 1 unspecified atom stereocenters. The van der Waals surface area contributed by atoms with Crippen LogP contribution in [0.4, 0.5) is 0 Å². The van der Waals surface area contributed by atoms with Crippen molar-refractivity contribution in [1.29, 1.82) is 0 Å². The van der Waals surface area contributed by atoms with Crippen molar-refractivity contribution in [1.82, 2.24) is 0 Å². The zero-order valence-electron chi connectivity index (χ0n) is 10.5. The minimum absolute atomic E-state index is 0.0763. The fourth-order valence-corrected chi connectivity index (χ4v) is 2.09. The lowest BCUT2D eigenvalue weighted by Gasteiger charge is -2.15. The Bertz CT molecular complexity index is 503. The number of aliphatic hydroxyl groups is 1. The Morgan fingerprint density at radius 3 is 2.39 bits per heavy atom. The summed E-state index contributed by atoms with van der Waals surface area (Å²) in [5.41, 5.74) is 3.38. The second-order valence-corrected chi connectivity index (χ2v) is 4.66. The lowest BCUT2D eigenvalue weighted by Crippen LogP contribution is -2.07. The molecule has 1 atom stereocenters. The van der Waals surface area contributed by atoms with Crippen LogP contribution in [0.15, 0.2) is 48.5 Å². The van der Waals surface area contributed by atoms with Gasteiger partial charge in [-0.15, -0.1) is 0 Å². The number of rotatable bonds is 4. The van der Waals surface area contributed by atoms with Gasteiger partial charge in [0.05, 0.1) is 6.61 Å². The van der Waals surface area contributed by atoms with Crippen molar-refractivity contribution in [2.24, 2.45) is 0 Å². The SMILES string of the molecule is Cc1ccc(C(CO)Cc2cccc(O)c2)cc1. The Balaban J connectivity index is 2.17. The van der Waals surface area contributed by atoms with Crippen LogP contribution in [0, 0.1) is 6.92 Å². The van der Waals surface area contributed by atoms with Gasteiger partial charge in [0, 0.05) is 5.92 Å². The van der Waals surface area contributed by atoms with Crippen LogP contribution in [-0.4, -0.2) is 16.8 Å². The molecule has 2 aromatic rings. The fourth-order valence-electron chi connectivity index (χ4n) is 2.09. The first kappa shape index (κ1) is 12.7. The molecule has 0 amide bonds. The van der Waals surface area contributed by atoms with Crippen LogP contribution in [0.1, 0.15) is 22.6 Å². The van der Waals surface area contributed by atoms with Crippen molar-refractivity contribution in [2.45, 2.75) is 19.3 Å². The van der Waals surface area contributed by atoms with Gasteiger partial charge in [-0.25, -0.2) is 0 Å². The number of phenols is 1. The molecule has 0 heterocycles. The van der Waals surface area contributed by atoms with E-state index in [9.17, 15) is 10.2 Å². The number of aryl methyl sites for hydroxylation is 1. The molecule has 0 aliphatic rings. The summed E-state index contributed by atoms with van der Waals surface area (Å²) >= 11 is 0. The lowest BCUT2D eigenvalue weighted by molar-refractivity contribution is 0.264. The Morgan fingerprint density at radius 2 is 1.78 bits per heavy atom. The molecule has 0 aliphatic carbocycles. The first-order valence-electron chi connectivity index (χ1n) is 6.14. The van der Waals surface area contributed by atoms with Crippen LogP contribution in [0.3, 0.4) is 0 Å². The molecule has 18 heavy (non-hydrogen) atoms. The van der Waals surface area contributed by atoms with Gasteiger partial charge < -0.3 is 10.2 Å². The van der Waals surface area contributed by atoms with E-state index in [1.165, 1.54) is 5.56 Å². The van der Waals surface area contributed by atoms with Crippen LogP contribution in [0.25, 0.3) is 0 Å². The number of aromatic hydroxyl groups is 1. The van der Waals surface area contributed by atoms with Gasteiger partial charge >= 0.3 is 0 Å². The first-order chi connectivity index (χ1) is 8.69. The highest BCUT2D eigenvalue weighted by Crippen LogP contribution is 2.22. The summed E-state index contributed by atoms with van der Waals surface area (Å²) < 4.78 is 0. The molecule has 0 bridgehead atoms. The zero-order chi connectivity index (χ0) is 13.0. The van der Waals surface area contributed by atoms with E-state index in [1.54, 1.807) is 12.1 Å². The highest BCUT2D eigenvalue weighted by molar-refractivity contribution is 5.31. The Kier molecular flexibility index (Phi) is 4.00. The van der Waals surface area contributed by atoms with Crippen molar-refractivity contribution in [3.05, 3.63) is 65.2 Å². The molecule has 0 aromatic heterocycles. The summed E-state index contributed by atoms with van der Waals surface area (Å²) in [4.78, 5) is 0. The predicted molar refractivity (Wildman–Crippen MR) is 72.8 cm³/mol. The fraction of sp³-hybridized carbons (Fsp3) is 0.250. The van der Waals surface area contributed by atoms with E-state index in [-0.39, 0.29) is 18.3 Å². The van der Waals surface area contributed by atoms with E-state index in [0.717, 1.165) is 17.5 Å². The molecule has 2 nitrogen and oxygen atoms in total. The van der Waals surface area contributed by atoms with Crippen molar-refractivity contribution >= 4 is 0 Å². The van der Waals surface area contributed by atoms with Crippen LogP contribution < -0.4 is 0 Å². The summed E-state index contributed by atoms with van der Waals surface area (Å²) in [6.45, 7) is 2.16. The summed E-state index contributed by atoms with van der Waals surface area (Å²) in [5, 5.41) is 19.0. The summed E-state index contributed by atoms with van der Waals surface area (Å²) in [6, 6.07) is 15.4. The van der Waals surface area contributed by atoms with Gasteiger partial charge in [-0.1, -0.05) is 42.0 Å². The minimum atomic E-state index is 0.0763. The van der Waals surface area contributed by atoms with Gasteiger partial charge in [0.1, 0.15) is 5.75 Å². The van der Waals surface area contributed by atoms with Gasteiger partial charge in [0.15, 0.2) is 0 Å². The molecule has 0 radical (unpaired) electrons. The van der Waals surface area contributed by atoms with Crippen molar-refractivity contribution in [3.8, 4) is 5.75 Å². The molecule has 0 spiro atoms. The molecule has 2 heteroatoms. The van der Waals surface area contributed by atoms with E-state index >= 15 is 0 Å². The second-order valence-electron chi connectivity index (χ2n) is 4.66. The molecule has 2 N–H and O–H groups in total. The number of benzene rings is 2. The van der Waals surface area contributed by atoms with Crippen molar-refractivity contribution < 1.29 is 10.2 Å². The average molecular weight is 242 g/mol. The largest absolute Gasteiger partial charge is 0.508 e. The molecule has 94 valence electrons.